The SMILES string of the molecule is Cc1ccccc1-c1nc(Nc2nccc(N3CCCC(O)C3)n2)n[nH]1.O=CO. The molecule has 152 valence electrons. The molecule has 0 bridgehead atoms. The van der Waals surface area contributed by atoms with Gasteiger partial charge < -0.3 is 15.1 Å². The summed E-state index contributed by atoms with van der Waals surface area (Å²) in [5.41, 5.74) is 2.13. The summed E-state index contributed by atoms with van der Waals surface area (Å²) in [6.07, 6.45) is 3.18. The molecule has 3 aromatic rings. The highest BCUT2D eigenvalue weighted by molar-refractivity contribution is 5.61. The third kappa shape index (κ3) is 5.26. The molecule has 10 heteroatoms. The zero-order valence-electron chi connectivity index (χ0n) is 16.0. The Kier molecular flexibility index (Phi) is 6.69. The van der Waals surface area contributed by atoms with Gasteiger partial charge in [-0.05, 0) is 31.4 Å². The van der Waals surface area contributed by atoms with Crippen molar-refractivity contribution in [3.8, 4) is 11.4 Å². The molecule has 1 aliphatic heterocycles. The fourth-order valence-corrected chi connectivity index (χ4v) is 3.13. The summed E-state index contributed by atoms with van der Waals surface area (Å²) in [6.45, 7) is 3.25. The average molecular weight is 397 g/mol. The summed E-state index contributed by atoms with van der Waals surface area (Å²) >= 11 is 0. The molecule has 1 aromatic carbocycles. The molecule has 1 fully saturated rings. The lowest BCUT2D eigenvalue weighted by molar-refractivity contribution is -0.122. The van der Waals surface area contributed by atoms with Gasteiger partial charge in [-0.15, -0.1) is 5.10 Å². The molecule has 0 saturated carbocycles. The Balaban J connectivity index is 0.000000755. The number of nitrogens with one attached hydrogen (secondary N) is 2. The van der Waals surface area contributed by atoms with E-state index in [1.807, 2.05) is 37.3 Å². The Hall–Kier alpha value is -3.53. The van der Waals surface area contributed by atoms with Crippen LogP contribution in [0.15, 0.2) is 36.5 Å². The quantitative estimate of drug-likeness (QED) is 0.486. The number of aromatic nitrogens is 5. The molecule has 0 radical (unpaired) electrons. The normalized spacial score (nSPS) is 15.9. The Morgan fingerprint density at radius 2 is 2.03 bits per heavy atom. The number of carbonyl (C=O) groups is 1. The van der Waals surface area contributed by atoms with Crippen LogP contribution in [0, 0.1) is 6.92 Å². The lowest BCUT2D eigenvalue weighted by Gasteiger charge is -2.30. The van der Waals surface area contributed by atoms with Crippen molar-refractivity contribution in [3.63, 3.8) is 0 Å². The average Bonchev–Trinajstić information content (AvgIpc) is 3.17. The largest absolute Gasteiger partial charge is 0.483 e. The molecular weight excluding hydrogens is 374 g/mol. The van der Waals surface area contributed by atoms with Gasteiger partial charge in [-0.25, -0.2) is 4.98 Å². The van der Waals surface area contributed by atoms with E-state index < -0.39 is 0 Å². The molecule has 1 aliphatic rings. The molecule has 0 spiro atoms. The summed E-state index contributed by atoms with van der Waals surface area (Å²) in [6, 6.07) is 9.84. The van der Waals surface area contributed by atoms with Crippen LogP contribution in [0.25, 0.3) is 11.4 Å². The van der Waals surface area contributed by atoms with E-state index in [-0.39, 0.29) is 12.6 Å². The van der Waals surface area contributed by atoms with Gasteiger partial charge in [0.15, 0.2) is 5.82 Å². The first kappa shape index (κ1) is 20.2. The van der Waals surface area contributed by atoms with Gasteiger partial charge in [-0.1, -0.05) is 24.3 Å². The molecule has 1 unspecified atom stereocenters. The number of carboxylic acid groups (broad SMARTS) is 1. The van der Waals surface area contributed by atoms with E-state index in [2.05, 4.69) is 35.4 Å². The number of rotatable bonds is 4. The monoisotopic (exact) mass is 397 g/mol. The predicted octanol–water partition coefficient (Wildman–Crippen LogP) is 1.98. The van der Waals surface area contributed by atoms with E-state index >= 15 is 0 Å². The van der Waals surface area contributed by atoms with Crippen LogP contribution in [0.5, 0.6) is 0 Å². The molecular formula is C19H23N7O3. The van der Waals surface area contributed by atoms with Crippen molar-refractivity contribution in [2.24, 2.45) is 0 Å². The van der Waals surface area contributed by atoms with Gasteiger partial charge in [0, 0.05) is 24.8 Å². The number of benzene rings is 1. The molecule has 4 N–H and O–H groups in total. The summed E-state index contributed by atoms with van der Waals surface area (Å²) in [4.78, 5) is 23.7. The molecule has 29 heavy (non-hydrogen) atoms. The Morgan fingerprint density at radius 3 is 2.79 bits per heavy atom. The van der Waals surface area contributed by atoms with E-state index in [1.54, 1.807) is 6.20 Å². The van der Waals surface area contributed by atoms with Crippen molar-refractivity contribution in [1.82, 2.24) is 25.1 Å². The van der Waals surface area contributed by atoms with E-state index in [0.717, 1.165) is 36.3 Å². The lowest BCUT2D eigenvalue weighted by Crippen LogP contribution is -2.38. The standard InChI is InChI=1S/C18H21N7O.CH2O2/c1-12-5-2-3-7-14(12)16-21-18(24-23-16)22-17-19-9-8-15(20-17)25-10-4-6-13(26)11-25;2-1-3/h2-3,5,7-9,13,26H,4,6,10-11H2,1H3,(H2,19,20,21,22,23,24);1H,(H,2,3). The molecule has 3 heterocycles. The van der Waals surface area contributed by atoms with Crippen LogP contribution >= 0.6 is 0 Å². The van der Waals surface area contributed by atoms with Gasteiger partial charge in [0.2, 0.25) is 11.9 Å². The summed E-state index contributed by atoms with van der Waals surface area (Å²) in [5.74, 6) is 2.33. The number of aryl methyl sites for hydroxylation is 1. The number of hydrogen-bond acceptors (Lipinski definition) is 8. The maximum atomic E-state index is 9.85. The second-order valence-corrected chi connectivity index (χ2v) is 6.53. The van der Waals surface area contributed by atoms with Crippen LogP contribution in [-0.2, 0) is 4.79 Å². The Bertz CT molecular complexity index is 947. The highest BCUT2D eigenvalue weighted by Crippen LogP contribution is 2.22. The van der Waals surface area contributed by atoms with Crippen molar-refractivity contribution in [2.75, 3.05) is 23.3 Å². The zero-order valence-corrected chi connectivity index (χ0v) is 16.0. The molecule has 1 atom stereocenters. The van der Waals surface area contributed by atoms with Crippen LogP contribution in [-0.4, -0.2) is 61.0 Å². The third-order valence-electron chi connectivity index (χ3n) is 4.47. The van der Waals surface area contributed by atoms with Crippen LogP contribution in [0.1, 0.15) is 18.4 Å². The predicted molar refractivity (Wildman–Crippen MR) is 108 cm³/mol. The van der Waals surface area contributed by atoms with Crippen LogP contribution in [0.3, 0.4) is 0 Å². The number of hydrogen-bond donors (Lipinski definition) is 4. The minimum absolute atomic E-state index is 0.250. The van der Waals surface area contributed by atoms with E-state index in [0.29, 0.717) is 24.3 Å². The second-order valence-electron chi connectivity index (χ2n) is 6.53. The van der Waals surface area contributed by atoms with E-state index in [4.69, 9.17) is 9.90 Å². The Labute approximate surface area is 167 Å². The van der Waals surface area contributed by atoms with E-state index in [1.165, 1.54) is 0 Å². The minimum atomic E-state index is -0.306. The summed E-state index contributed by atoms with van der Waals surface area (Å²) in [5, 5.41) is 26.9. The van der Waals surface area contributed by atoms with Crippen molar-refractivity contribution < 1.29 is 15.0 Å². The smallest absolute Gasteiger partial charge is 0.290 e. The minimum Gasteiger partial charge on any atom is -0.483 e. The number of piperidine rings is 1. The summed E-state index contributed by atoms with van der Waals surface area (Å²) < 4.78 is 0. The van der Waals surface area contributed by atoms with Crippen molar-refractivity contribution >= 4 is 24.2 Å². The number of aliphatic hydroxyl groups is 1. The van der Waals surface area contributed by atoms with Gasteiger partial charge in [-0.2, -0.15) is 9.97 Å². The highest BCUT2D eigenvalue weighted by Gasteiger charge is 2.19. The van der Waals surface area contributed by atoms with Crippen LogP contribution in [0.4, 0.5) is 17.7 Å². The highest BCUT2D eigenvalue weighted by atomic mass is 16.3. The molecule has 4 rings (SSSR count). The molecule has 10 nitrogen and oxygen atoms in total. The van der Waals surface area contributed by atoms with E-state index in [9.17, 15) is 5.11 Å². The molecule has 0 amide bonds. The summed E-state index contributed by atoms with van der Waals surface area (Å²) in [7, 11) is 0. The zero-order chi connectivity index (χ0) is 20.6. The van der Waals surface area contributed by atoms with Crippen molar-refractivity contribution in [2.45, 2.75) is 25.9 Å². The van der Waals surface area contributed by atoms with Gasteiger partial charge in [0.1, 0.15) is 5.82 Å². The topological polar surface area (TPSA) is 140 Å². The lowest BCUT2D eigenvalue weighted by atomic mass is 10.1. The van der Waals surface area contributed by atoms with Gasteiger partial charge >= 0.3 is 0 Å². The van der Waals surface area contributed by atoms with Gasteiger partial charge in [-0.3, -0.25) is 15.2 Å². The number of β-amino-alcohol motifs (C(OH)–C–C–N with tert-alkyl or cyclic N) is 1. The first-order valence-electron chi connectivity index (χ1n) is 9.20. The maximum Gasteiger partial charge on any atom is 0.290 e. The fourth-order valence-electron chi connectivity index (χ4n) is 3.13. The molecule has 0 aliphatic carbocycles. The number of aromatic amines is 1. The Morgan fingerprint density at radius 1 is 1.24 bits per heavy atom. The van der Waals surface area contributed by atoms with Crippen LogP contribution in [0.2, 0.25) is 0 Å². The first-order chi connectivity index (χ1) is 14.1. The second kappa shape index (κ2) is 9.60. The van der Waals surface area contributed by atoms with Crippen LogP contribution < -0.4 is 10.2 Å². The van der Waals surface area contributed by atoms with Crippen molar-refractivity contribution in [3.05, 3.63) is 42.1 Å². The number of H-pyrrole nitrogens is 1. The number of aliphatic hydroxyl groups excluding tert-OH is 1. The number of nitrogens with zero attached hydrogens (tertiary/aromatic N) is 5. The first-order valence-corrected chi connectivity index (χ1v) is 9.20. The maximum absolute atomic E-state index is 9.85. The van der Waals surface area contributed by atoms with Gasteiger partial charge in [0.25, 0.3) is 6.47 Å². The third-order valence-corrected chi connectivity index (χ3v) is 4.47. The molecule has 1 saturated heterocycles. The fraction of sp³-hybridized carbons (Fsp3) is 0.316. The van der Waals surface area contributed by atoms with Gasteiger partial charge in [0.05, 0.1) is 6.10 Å². The van der Waals surface area contributed by atoms with Crippen molar-refractivity contribution in [1.29, 1.82) is 0 Å². The number of anilines is 3. The molecule has 2 aromatic heterocycles.